The summed E-state index contributed by atoms with van der Waals surface area (Å²) in [7, 11) is 0. The molecule has 0 spiro atoms. The molecule has 0 fully saturated rings. The van der Waals surface area contributed by atoms with Crippen molar-refractivity contribution in [2.24, 2.45) is 0 Å². The Hall–Kier alpha value is -2.04. The van der Waals surface area contributed by atoms with E-state index < -0.39 is 5.91 Å². The summed E-state index contributed by atoms with van der Waals surface area (Å²) in [6, 6.07) is 13.0. The van der Waals surface area contributed by atoms with Crippen LogP contribution in [0.5, 0.6) is 0 Å². The predicted molar refractivity (Wildman–Crippen MR) is 106 cm³/mol. The number of anilines is 2. The number of hydrogen-bond acceptors (Lipinski definition) is 3. The van der Waals surface area contributed by atoms with Crippen LogP contribution in [-0.2, 0) is 4.79 Å². The molecule has 0 aliphatic heterocycles. The van der Waals surface area contributed by atoms with E-state index in [1.54, 1.807) is 18.2 Å². The van der Waals surface area contributed by atoms with E-state index >= 15 is 0 Å². The van der Waals surface area contributed by atoms with E-state index in [-0.39, 0.29) is 5.57 Å². The van der Waals surface area contributed by atoms with E-state index in [2.05, 4.69) is 33.2 Å². The summed E-state index contributed by atoms with van der Waals surface area (Å²) in [4.78, 5) is 12.3. The molecule has 24 heavy (non-hydrogen) atoms. The molecule has 1 amide bonds. The first-order valence-electron chi connectivity index (χ1n) is 7.11. The minimum atomic E-state index is -0.487. The number of nitrogens with zero attached hydrogens (tertiary/aromatic N) is 1. The maximum Gasteiger partial charge on any atom is 0.267 e. The molecule has 0 atom stereocenters. The van der Waals surface area contributed by atoms with Crippen LogP contribution in [0.2, 0.25) is 5.02 Å². The molecule has 2 rings (SSSR count). The zero-order valence-corrected chi connectivity index (χ0v) is 16.1. The first kappa shape index (κ1) is 18.3. The molecule has 0 aliphatic carbocycles. The number of nitrogens with one attached hydrogen (secondary N) is 2. The van der Waals surface area contributed by atoms with Crippen LogP contribution < -0.4 is 10.6 Å². The lowest BCUT2D eigenvalue weighted by Gasteiger charge is -2.09. The third-order valence-corrected chi connectivity index (χ3v) is 4.28. The molecule has 0 heterocycles. The quantitative estimate of drug-likeness (QED) is 0.390. The fourth-order valence-electron chi connectivity index (χ4n) is 2.01. The number of halogens is 2. The Morgan fingerprint density at radius 2 is 1.92 bits per heavy atom. The van der Waals surface area contributed by atoms with E-state index in [4.69, 9.17) is 11.6 Å². The summed E-state index contributed by atoms with van der Waals surface area (Å²) in [5, 5.41) is 15.5. The Kier molecular flexibility index (Phi) is 6.23. The topological polar surface area (TPSA) is 64.9 Å². The predicted octanol–water partition coefficient (Wildman–Crippen LogP) is 5.02. The Morgan fingerprint density at radius 1 is 1.17 bits per heavy atom. The molecule has 122 valence electrons. The number of carbonyl (C=O) groups excluding carboxylic acids is 1. The van der Waals surface area contributed by atoms with Crippen molar-refractivity contribution in [3.8, 4) is 6.07 Å². The van der Waals surface area contributed by atoms with Gasteiger partial charge >= 0.3 is 0 Å². The van der Waals surface area contributed by atoms with Gasteiger partial charge in [0.05, 0.1) is 0 Å². The normalized spacial score (nSPS) is 10.9. The number of carbonyl (C=O) groups is 1. The van der Waals surface area contributed by atoms with Crippen LogP contribution in [0, 0.1) is 28.7 Å². The van der Waals surface area contributed by atoms with E-state index in [0.29, 0.717) is 10.7 Å². The van der Waals surface area contributed by atoms with Gasteiger partial charge in [-0.1, -0.05) is 17.7 Å². The Morgan fingerprint density at radius 3 is 2.58 bits per heavy atom. The van der Waals surface area contributed by atoms with Crippen LogP contribution >= 0.6 is 34.2 Å². The molecule has 2 aromatic carbocycles. The molecule has 0 aromatic heterocycles. The Labute approximate surface area is 159 Å². The van der Waals surface area contributed by atoms with Crippen LogP contribution in [0.1, 0.15) is 11.1 Å². The lowest BCUT2D eigenvalue weighted by molar-refractivity contribution is -0.112. The van der Waals surface area contributed by atoms with Crippen molar-refractivity contribution in [1.82, 2.24) is 0 Å². The summed E-state index contributed by atoms with van der Waals surface area (Å²) in [5.41, 5.74) is 3.30. The van der Waals surface area contributed by atoms with Crippen LogP contribution in [0.25, 0.3) is 0 Å². The summed E-state index contributed by atoms with van der Waals surface area (Å²) < 4.78 is 1.12. The van der Waals surface area contributed by atoms with Crippen molar-refractivity contribution in [3.05, 3.63) is 67.9 Å². The highest BCUT2D eigenvalue weighted by atomic mass is 127. The second-order valence-electron chi connectivity index (χ2n) is 5.19. The van der Waals surface area contributed by atoms with Crippen molar-refractivity contribution < 1.29 is 4.79 Å². The summed E-state index contributed by atoms with van der Waals surface area (Å²) in [5.74, 6) is -0.487. The minimum Gasteiger partial charge on any atom is -0.360 e. The summed E-state index contributed by atoms with van der Waals surface area (Å²) in [6.45, 7) is 3.81. The molecule has 2 aromatic rings. The zero-order valence-electron chi connectivity index (χ0n) is 13.2. The van der Waals surface area contributed by atoms with Crippen LogP contribution in [0.3, 0.4) is 0 Å². The first-order valence-corrected chi connectivity index (χ1v) is 8.57. The molecular weight excluding hydrogens is 437 g/mol. The van der Waals surface area contributed by atoms with Crippen molar-refractivity contribution >= 4 is 51.5 Å². The number of hydrogen-bond donors (Lipinski definition) is 2. The third kappa shape index (κ3) is 4.73. The van der Waals surface area contributed by atoms with E-state index in [1.807, 2.05) is 38.1 Å². The molecule has 0 saturated carbocycles. The highest BCUT2D eigenvalue weighted by Crippen LogP contribution is 2.21. The number of aryl methyl sites for hydroxylation is 2. The van der Waals surface area contributed by atoms with Crippen molar-refractivity contribution in [3.63, 3.8) is 0 Å². The number of nitriles is 1. The fourth-order valence-corrected chi connectivity index (χ4v) is 2.83. The van der Waals surface area contributed by atoms with Gasteiger partial charge in [0.15, 0.2) is 0 Å². The maximum atomic E-state index is 12.3. The molecule has 0 saturated heterocycles. The standard InChI is InChI=1S/C18H15ClIN3O/c1-11-3-4-14(19)8-17(11)23-18(24)13(9-21)10-22-16-6-5-15(20)7-12(16)2/h3-8,10,22H,1-2H3,(H,23,24)/b13-10-. The smallest absolute Gasteiger partial charge is 0.267 e. The molecule has 2 N–H and O–H groups in total. The number of amides is 1. The van der Waals surface area contributed by atoms with Gasteiger partial charge in [-0.05, 0) is 77.9 Å². The molecular formula is C18H15ClIN3O. The van der Waals surface area contributed by atoms with Crippen LogP contribution in [0.15, 0.2) is 48.2 Å². The van der Waals surface area contributed by atoms with Gasteiger partial charge in [0.2, 0.25) is 0 Å². The van der Waals surface area contributed by atoms with Crippen molar-refractivity contribution in [2.75, 3.05) is 10.6 Å². The zero-order chi connectivity index (χ0) is 17.7. The average Bonchev–Trinajstić information content (AvgIpc) is 2.53. The van der Waals surface area contributed by atoms with Gasteiger partial charge in [-0.3, -0.25) is 4.79 Å². The SMILES string of the molecule is Cc1cc(I)ccc1N/C=C(/C#N)C(=O)Nc1cc(Cl)ccc1C. The summed E-state index contributed by atoms with van der Waals surface area (Å²) in [6.07, 6.45) is 1.41. The van der Waals surface area contributed by atoms with E-state index in [1.165, 1.54) is 6.20 Å². The highest BCUT2D eigenvalue weighted by Gasteiger charge is 2.11. The van der Waals surface area contributed by atoms with Gasteiger partial charge in [-0.25, -0.2) is 0 Å². The molecule has 0 bridgehead atoms. The highest BCUT2D eigenvalue weighted by molar-refractivity contribution is 14.1. The largest absolute Gasteiger partial charge is 0.360 e. The van der Waals surface area contributed by atoms with E-state index in [9.17, 15) is 10.1 Å². The van der Waals surface area contributed by atoms with E-state index in [0.717, 1.165) is 20.4 Å². The Balaban J connectivity index is 2.16. The average molecular weight is 452 g/mol. The Bertz CT molecular complexity index is 856. The second kappa shape index (κ2) is 8.18. The molecule has 0 unspecified atom stereocenters. The monoisotopic (exact) mass is 451 g/mol. The van der Waals surface area contributed by atoms with Crippen LogP contribution in [0.4, 0.5) is 11.4 Å². The fraction of sp³-hybridized carbons (Fsp3) is 0.111. The van der Waals surface area contributed by atoms with Gasteiger partial charge in [0.1, 0.15) is 11.6 Å². The number of benzene rings is 2. The molecule has 0 radical (unpaired) electrons. The van der Waals surface area contributed by atoms with Gasteiger partial charge in [-0.2, -0.15) is 5.26 Å². The molecule has 6 heteroatoms. The van der Waals surface area contributed by atoms with Crippen LogP contribution in [-0.4, -0.2) is 5.91 Å². The lowest BCUT2D eigenvalue weighted by atomic mass is 10.2. The van der Waals surface area contributed by atoms with Gasteiger partial charge in [-0.15, -0.1) is 0 Å². The van der Waals surface area contributed by atoms with Crippen molar-refractivity contribution in [2.45, 2.75) is 13.8 Å². The number of rotatable bonds is 4. The van der Waals surface area contributed by atoms with Gasteiger partial charge < -0.3 is 10.6 Å². The first-order chi connectivity index (χ1) is 11.4. The summed E-state index contributed by atoms with van der Waals surface area (Å²) >= 11 is 8.17. The minimum absolute atomic E-state index is 0.0210. The van der Waals surface area contributed by atoms with Crippen molar-refractivity contribution in [1.29, 1.82) is 5.26 Å². The lowest BCUT2D eigenvalue weighted by Crippen LogP contribution is -2.15. The maximum absolute atomic E-state index is 12.3. The molecule has 4 nitrogen and oxygen atoms in total. The van der Waals surface area contributed by atoms with Gasteiger partial charge in [0, 0.05) is 26.2 Å². The van der Waals surface area contributed by atoms with Gasteiger partial charge in [0.25, 0.3) is 5.91 Å². The third-order valence-electron chi connectivity index (χ3n) is 3.37. The molecule has 0 aliphatic rings. The second-order valence-corrected chi connectivity index (χ2v) is 6.87.